The number of aliphatic carboxylic acids is 1. The van der Waals surface area contributed by atoms with Crippen LogP contribution in [0.25, 0.3) is 0 Å². The molecule has 0 saturated carbocycles. The zero-order valence-electron chi connectivity index (χ0n) is 12.1. The SMILES string of the molecule is Cc1ccc(NS(=O)(=O)c2ccc(OCC(=O)O)c(Cl)c2)cc1. The first-order valence-corrected chi connectivity index (χ1v) is 8.38. The minimum absolute atomic E-state index is 0.0121. The molecular formula is C15H14ClNO5S. The number of carboxylic acid groups (broad SMARTS) is 1. The number of carbonyl (C=O) groups is 1. The molecule has 122 valence electrons. The van der Waals surface area contributed by atoms with E-state index in [-0.39, 0.29) is 15.7 Å². The summed E-state index contributed by atoms with van der Waals surface area (Å²) in [6.07, 6.45) is 0. The molecule has 0 bridgehead atoms. The standard InChI is InChI=1S/C15H14ClNO5S/c1-10-2-4-11(5-3-10)17-23(20,21)12-6-7-14(13(16)8-12)22-9-15(18)19/h2-8,17H,9H2,1H3,(H,18,19). The van der Waals surface area contributed by atoms with Crippen molar-refractivity contribution in [2.75, 3.05) is 11.3 Å². The second-order valence-electron chi connectivity index (χ2n) is 4.75. The lowest BCUT2D eigenvalue weighted by molar-refractivity contribution is -0.139. The van der Waals surface area contributed by atoms with Crippen LogP contribution < -0.4 is 9.46 Å². The lowest BCUT2D eigenvalue weighted by Crippen LogP contribution is -2.13. The first kappa shape index (κ1) is 17.1. The summed E-state index contributed by atoms with van der Waals surface area (Å²) in [4.78, 5) is 10.4. The van der Waals surface area contributed by atoms with Crippen LogP contribution in [0, 0.1) is 6.92 Å². The molecule has 0 amide bonds. The molecule has 0 aliphatic heterocycles. The third kappa shape index (κ3) is 4.61. The smallest absolute Gasteiger partial charge is 0.341 e. The van der Waals surface area contributed by atoms with E-state index in [1.54, 1.807) is 24.3 Å². The van der Waals surface area contributed by atoms with E-state index in [4.69, 9.17) is 21.4 Å². The predicted octanol–water partition coefficient (Wildman–Crippen LogP) is 2.91. The number of hydrogen-bond acceptors (Lipinski definition) is 4. The number of carboxylic acids is 1. The molecule has 23 heavy (non-hydrogen) atoms. The quantitative estimate of drug-likeness (QED) is 0.831. The molecule has 0 saturated heterocycles. The maximum atomic E-state index is 12.3. The predicted molar refractivity (Wildman–Crippen MR) is 86.6 cm³/mol. The largest absolute Gasteiger partial charge is 0.480 e. The molecular weight excluding hydrogens is 342 g/mol. The molecule has 0 aromatic heterocycles. The molecule has 0 aliphatic rings. The summed E-state index contributed by atoms with van der Waals surface area (Å²) in [7, 11) is -3.80. The van der Waals surface area contributed by atoms with Crippen molar-refractivity contribution in [3.8, 4) is 5.75 Å². The highest BCUT2D eigenvalue weighted by molar-refractivity contribution is 7.92. The van der Waals surface area contributed by atoms with Gasteiger partial charge in [-0.1, -0.05) is 29.3 Å². The van der Waals surface area contributed by atoms with Crippen molar-refractivity contribution in [2.45, 2.75) is 11.8 Å². The Morgan fingerprint density at radius 3 is 2.43 bits per heavy atom. The van der Waals surface area contributed by atoms with Gasteiger partial charge in [-0.2, -0.15) is 0 Å². The number of sulfonamides is 1. The maximum absolute atomic E-state index is 12.3. The zero-order valence-corrected chi connectivity index (χ0v) is 13.7. The van der Waals surface area contributed by atoms with Crippen molar-refractivity contribution >= 4 is 33.3 Å². The van der Waals surface area contributed by atoms with Crippen molar-refractivity contribution in [3.05, 3.63) is 53.1 Å². The lowest BCUT2D eigenvalue weighted by Gasteiger charge is -2.10. The van der Waals surface area contributed by atoms with Crippen molar-refractivity contribution < 1.29 is 23.1 Å². The minimum atomic E-state index is -3.80. The van der Waals surface area contributed by atoms with Crippen LogP contribution in [0.3, 0.4) is 0 Å². The van der Waals surface area contributed by atoms with E-state index in [0.717, 1.165) is 5.56 Å². The number of nitrogens with one attached hydrogen (secondary N) is 1. The molecule has 2 N–H and O–H groups in total. The molecule has 8 heteroatoms. The first-order chi connectivity index (χ1) is 10.8. The topological polar surface area (TPSA) is 92.7 Å². The van der Waals surface area contributed by atoms with E-state index in [1.807, 2.05) is 6.92 Å². The van der Waals surface area contributed by atoms with Crippen molar-refractivity contribution in [2.24, 2.45) is 0 Å². The Hall–Kier alpha value is -2.25. The number of anilines is 1. The Bertz CT molecular complexity index is 818. The van der Waals surface area contributed by atoms with Gasteiger partial charge in [0, 0.05) is 5.69 Å². The summed E-state index contributed by atoms with van der Waals surface area (Å²) in [5, 5.41) is 8.57. The third-order valence-electron chi connectivity index (χ3n) is 2.87. The average molecular weight is 356 g/mol. The van der Waals surface area contributed by atoms with Crippen molar-refractivity contribution in [1.29, 1.82) is 0 Å². The molecule has 0 atom stereocenters. The van der Waals surface area contributed by atoms with Crippen molar-refractivity contribution in [1.82, 2.24) is 0 Å². The summed E-state index contributed by atoms with van der Waals surface area (Å²) < 4.78 is 32.0. The van der Waals surface area contributed by atoms with E-state index >= 15 is 0 Å². The number of aryl methyl sites for hydroxylation is 1. The monoisotopic (exact) mass is 355 g/mol. The summed E-state index contributed by atoms with van der Waals surface area (Å²) in [5.41, 5.74) is 1.44. The highest BCUT2D eigenvalue weighted by Gasteiger charge is 2.16. The Morgan fingerprint density at radius 2 is 1.87 bits per heavy atom. The highest BCUT2D eigenvalue weighted by Crippen LogP contribution is 2.28. The molecule has 2 aromatic carbocycles. The molecule has 0 radical (unpaired) electrons. The fraction of sp³-hybridized carbons (Fsp3) is 0.133. The van der Waals surface area contributed by atoms with Crippen LogP contribution in [0.1, 0.15) is 5.56 Å². The molecule has 2 rings (SSSR count). The van der Waals surface area contributed by atoms with Crippen LogP contribution in [0.2, 0.25) is 5.02 Å². The van der Waals surface area contributed by atoms with E-state index in [9.17, 15) is 13.2 Å². The third-order valence-corrected chi connectivity index (χ3v) is 4.54. The summed E-state index contributed by atoms with van der Waals surface area (Å²) >= 11 is 5.93. The van der Waals surface area contributed by atoms with Gasteiger partial charge in [-0.15, -0.1) is 0 Å². The van der Waals surface area contributed by atoms with Crippen LogP contribution in [0.4, 0.5) is 5.69 Å². The summed E-state index contributed by atoms with van der Waals surface area (Å²) in [5.74, 6) is -1.05. The molecule has 0 spiro atoms. The minimum Gasteiger partial charge on any atom is -0.480 e. The Kier molecular flexibility index (Phi) is 5.12. The molecule has 0 heterocycles. The van der Waals surface area contributed by atoms with Crippen LogP contribution >= 0.6 is 11.6 Å². The van der Waals surface area contributed by atoms with Gasteiger partial charge in [0.2, 0.25) is 0 Å². The Balaban J connectivity index is 2.21. The maximum Gasteiger partial charge on any atom is 0.341 e. The van der Waals surface area contributed by atoms with Gasteiger partial charge >= 0.3 is 5.97 Å². The van der Waals surface area contributed by atoms with E-state index in [2.05, 4.69) is 4.72 Å². The second kappa shape index (κ2) is 6.89. The van der Waals surface area contributed by atoms with Gasteiger partial charge in [0.05, 0.1) is 9.92 Å². The van der Waals surface area contributed by atoms with Crippen LogP contribution in [-0.2, 0) is 14.8 Å². The molecule has 6 nitrogen and oxygen atoms in total. The normalized spacial score (nSPS) is 11.0. The summed E-state index contributed by atoms with van der Waals surface area (Å²) in [6, 6.07) is 10.7. The molecule has 0 aliphatic carbocycles. The number of benzene rings is 2. The van der Waals surface area contributed by atoms with Crippen LogP contribution in [-0.4, -0.2) is 26.1 Å². The van der Waals surface area contributed by atoms with Crippen LogP contribution in [0.15, 0.2) is 47.4 Å². The number of halogens is 1. The first-order valence-electron chi connectivity index (χ1n) is 6.51. The van der Waals surface area contributed by atoms with Crippen LogP contribution in [0.5, 0.6) is 5.75 Å². The van der Waals surface area contributed by atoms with Crippen molar-refractivity contribution in [3.63, 3.8) is 0 Å². The number of hydrogen-bond donors (Lipinski definition) is 2. The Morgan fingerprint density at radius 1 is 1.22 bits per heavy atom. The van der Waals surface area contributed by atoms with Gasteiger partial charge in [0.15, 0.2) is 6.61 Å². The zero-order chi connectivity index (χ0) is 17.0. The highest BCUT2D eigenvalue weighted by atomic mass is 35.5. The van der Waals surface area contributed by atoms with Gasteiger partial charge < -0.3 is 9.84 Å². The average Bonchev–Trinajstić information content (AvgIpc) is 2.48. The summed E-state index contributed by atoms with van der Waals surface area (Å²) in [6.45, 7) is 1.33. The number of ether oxygens (including phenoxy) is 1. The second-order valence-corrected chi connectivity index (χ2v) is 6.84. The van der Waals surface area contributed by atoms with Gasteiger partial charge in [-0.3, -0.25) is 4.72 Å². The van der Waals surface area contributed by atoms with E-state index in [1.165, 1.54) is 18.2 Å². The number of rotatable bonds is 6. The fourth-order valence-corrected chi connectivity index (χ4v) is 3.13. The van der Waals surface area contributed by atoms with Gasteiger partial charge in [-0.05, 0) is 37.3 Å². The fourth-order valence-electron chi connectivity index (χ4n) is 1.74. The molecule has 0 unspecified atom stereocenters. The Labute approximate surface area is 138 Å². The van der Waals surface area contributed by atoms with E-state index < -0.39 is 22.6 Å². The lowest BCUT2D eigenvalue weighted by atomic mass is 10.2. The molecule has 2 aromatic rings. The molecule has 0 fully saturated rings. The van der Waals surface area contributed by atoms with E-state index in [0.29, 0.717) is 5.69 Å². The van der Waals surface area contributed by atoms with Gasteiger partial charge in [0.25, 0.3) is 10.0 Å². The van der Waals surface area contributed by atoms with Gasteiger partial charge in [0.1, 0.15) is 5.75 Å². The van der Waals surface area contributed by atoms with Gasteiger partial charge in [-0.25, -0.2) is 13.2 Å².